The summed E-state index contributed by atoms with van der Waals surface area (Å²) in [6, 6.07) is 4.62. The normalized spacial score (nSPS) is 9.83. The molecular weight excluding hydrogens is 154 g/mol. The molecule has 0 aliphatic heterocycles. The first-order valence-electron chi connectivity index (χ1n) is 3.85. The summed E-state index contributed by atoms with van der Waals surface area (Å²) < 4.78 is 10.3. The molecule has 1 radical (unpaired) electrons. The molecule has 1 heterocycles. The van der Waals surface area contributed by atoms with Crippen LogP contribution in [0, 0.1) is 6.07 Å². The van der Waals surface area contributed by atoms with Gasteiger partial charge in [0, 0.05) is 19.4 Å². The monoisotopic (exact) mass is 166 g/mol. The van der Waals surface area contributed by atoms with Crippen LogP contribution in [0.5, 0.6) is 5.75 Å². The van der Waals surface area contributed by atoms with Crippen LogP contribution in [-0.4, -0.2) is 18.7 Å². The van der Waals surface area contributed by atoms with Crippen LogP contribution in [0.15, 0.2) is 12.3 Å². The largest absolute Gasteiger partial charge is 0.492 e. The second kappa shape index (κ2) is 4.72. The summed E-state index contributed by atoms with van der Waals surface area (Å²) in [6.07, 6.45) is 1.61. The van der Waals surface area contributed by atoms with E-state index in [0.29, 0.717) is 13.2 Å². The molecule has 3 heteroatoms. The summed E-state index contributed by atoms with van der Waals surface area (Å²) in [6.45, 7) is 3.05. The molecule has 0 saturated carbocycles. The van der Waals surface area contributed by atoms with Gasteiger partial charge in [-0.05, 0) is 13.0 Å². The topological polar surface area (TPSA) is 31.4 Å². The Bertz CT molecular complexity index is 213. The minimum Gasteiger partial charge on any atom is -0.492 e. The number of methoxy groups -OCH3 is 1. The summed E-state index contributed by atoms with van der Waals surface area (Å²) in [7, 11) is 1.63. The third-order valence-corrected chi connectivity index (χ3v) is 1.37. The first kappa shape index (κ1) is 9.00. The molecule has 0 aromatic carbocycles. The lowest BCUT2D eigenvalue weighted by atomic mass is 10.3. The van der Waals surface area contributed by atoms with Gasteiger partial charge in [-0.1, -0.05) is 0 Å². The average Bonchev–Trinajstić information content (AvgIpc) is 2.09. The van der Waals surface area contributed by atoms with Crippen LogP contribution >= 0.6 is 0 Å². The van der Waals surface area contributed by atoms with Crippen LogP contribution < -0.4 is 4.74 Å². The molecule has 1 aromatic heterocycles. The first-order chi connectivity index (χ1) is 5.88. The second-order valence-corrected chi connectivity index (χ2v) is 2.25. The van der Waals surface area contributed by atoms with Crippen molar-refractivity contribution in [3.8, 4) is 5.75 Å². The molecule has 0 amide bonds. The Balaban J connectivity index is 2.77. The quantitative estimate of drug-likeness (QED) is 0.678. The maximum atomic E-state index is 5.32. The highest BCUT2D eigenvalue weighted by Crippen LogP contribution is 2.14. The van der Waals surface area contributed by atoms with E-state index in [9.17, 15) is 0 Å². The number of rotatable bonds is 4. The standard InChI is InChI=1S/C9H12NO2/c1-3-12-9-5-4-6-10-8(9)7-11-2/h5-6H,3,7H2,1-2H3. The highest BCUT2D eigenvalue weighted by molar-refractivity contribution is 5.25. The lowest BCUT2D eigenvalue weighted by Crippen LogP contribution is -1.99. The molecule has 1 aromatic rings. The summed E-state index contributed by atoms with van der Waals surface area (Å²) in [5.74, 6) is 0.752. The number of aromatic nitrogens is 1. The van der Waals surface area contributed by atoms with E-state index >= 15 is 0 Å². The van der Waals surface area contributed by atoms with Gasteiger partial charge < -0.3 is 9.47 Å². The number of nitrogens with zero attached hydrogens (tertiary/aromatic N) is 1. The number of hydrogen-bond acceptors (Lipinski definition) is 3. The third kappa shape index (κ3) is 2.20. The summed E-state index contributed by atoms with van der Waals surface area (Å²) in [5.41, 5.74) is 0.818. The summed E-state index contributed by atoms with van der Waals surface area (Å²) in [5, 5.41) is 0. The van der Waals surface area contributed by atoms with Gasteiger partial charge in [0.15, 0.2) is 0 Å². The zero-order valence-corrected chi connectivity index (χ0v) is 7.33. The van der Waals surface area contributed by atoms with Crippen molar-refractivity contribution in [2.45, 2.75) is 13.5 Å². The van der Waals surface area contributed by atoms with E-state index in [0.717, 1.165) is 11.4 Å². The van der Waals surface area contributed by atoms with Crippen LogP contribution in [-0.2, 0) is 11.3 Å². The predicted molar refractivity (Wildman–Crippen MR) is 45.0 cm³/mol. The Morgan fingerprint density at radius 1 is 1.58 bits per heavy atom. The van der Waals surface area contributed by atoms with E-state index in [2.05, 4.69) is 11.1 Å². The predicted octanol–water partition coefficient (Wildman–Crippen LogP) is 1.43. The van der Waals surface area contributed by atoms with Crippen molar-refractivity contribution in [1.29, 1.82) is 0 Å². The van der Waals surface area contributed by atoms with Crippen molar-refractivity contribution in [2.24, 2.45) is 0 Å². The Morgan fingerprint density at radius 2 is 2.42 bits per heavy atom. The number of ether oxygens (including phenoxy) is 2. The smallest absolute Gasteiger partial charge is 0.143 e. The van der Waals surface area contributed by atoms with Crippen LogP contribution in [0.2, 0.25) is 0 Å². The zero-order chi connectivity index (χ0) is 8.81. The molecule has 0 saturated heterocycles. The molecule has 12 heavy (non-hydrogen) atoms. The van der Waals surface area contributed by atoms with Gasteiger partial charge in [0.25, 0.3) is 0 Å². The van der Waals surface area contributed by atoms with Gasteiger partial charge in [-0.2, -0.15) is 0 Å². The average molecular weight is 166 g/mol. The fourth-order valence-electron chi connectivity index (χ4n) is 0.901. The van der Waals surface area contributed by atoms with Crippen LogP contribution in [0.4, 0.5) is 0 Å². The van der Waals surface area contributed by atoms with Gasteiger partial charge in [0.2, 0.25) is 0 Å². The molecule has 0 N–H and O–H groups in total. The fourth-order valence-corrected chi connectivity index (χ4v) is 0.901. The Labute approximate surface area is 72.3 Å². The lowest BCUT2D eigenvalue weighted by molar-refractivity contribution is 0.176. The maximum absolute atomic E-state index is 5.32. The Morgan fingerprint density at radius 3 is 3.08 bits per heavy atom. The molecule has 0 aliphatic carbocycles. The minimum atomic E-state index is 0.476. The molecule has 3 nitrogen and oxygen atoms in total. The van der Waals surface area contributed by atoms with Gasteiger partial charge in [0.05, 0.1) is 13.2 Å². The van der Waals surface area contributed by atoms with Crippen molar-refractivity contribution >= 4 is 0 Å². The van der Waals surface area contributed by atoms with Gasteiger partial charge >= 0.3 is 0 Å². The van der Waals surface area contributed by atoms with Crippen molar-refractivity contribution in [1.82, 2.24) is 4.98 Å². The van der Waals surface area contributed by atoms with Gasteiger partial charge in [-0.3, -0.25) is 4.98 Å². The Kier molecular flexibility index (Phi) is 3.54. The first-order valence-corrected chi connectivity index (χ1v) is 3.85. The van der Waals surface area contributed by atoms with E-state index in [1.807, 2.05) is 6.92 Å². The molecule has 0 unspecified atom stereocenters. The third-order valence-electron chi connectivity index (χ3n) is 1.37. The molecule has 65 valence electrons. The fraction of sp³-hybridized carbons (Fsp3) is 0.444. The molecule has 1 rings (SSSR count). The van der Waals surface area contributed by atoms with Gasteiger partial charge in [-0.15, -0.1) is 0 Å². The van der Waals surface area contributed by atoms with E-state index in [4.69, 9.17) is 9.47 Å². The van der Waals surface area contributed by atoms with Crippen molar-refractivity contribution < 1.29 is 9.47 Å². The van der Waals surface area contributed by atoms with Crippen molar-refractivity contribution in [2.75, 3.05) is 13.7 Å². The molecule has 0 bridgehead atoms. The van der Waals surface area contributed by atoms with Crippen molar-refractivity contribution in [3.63, 3.8) is 0 Å². The van der Waals surface area contributed by atoms with Crippen LogP contribution in [0.1, 0.15) is 12.6 Å². The molecule has 0 fully saturated rings. The zero-order valence-electron chi connectivity index (χ0n) is 7.33. The lowest BCUT2D eigenvalue weighted by Gasteiger charge is -2.06. The van der Waals surface area contributed by atoms with Crippen molar-refractivity contribution in [3.05, 3.63) is 24.0 Å². The molecule has 0 atom stereocenters. The van der Waals surface area contributed by atoms with Crippen LogP contribution in [0.25, 0.3) is 0 Å². The number of hydrogen-bond donors (Lipinski definition) is 0. The molecule has 0 spiro atoms. The highest BCUT2D eigenvalue weighted by Gasteiger charge is 2.01. The Hall–Kier alpha value is -1.09. The van der Waals surface area contributed by atoms with E-state index in [-0.39, 0.29) is 0 Å². The second-order valence-electron chi connectivity index (χ2n) is 2.25. The van der Waals surface area contributed by atoms with E-state index in [1.54, 1.807) is 19.4 Å². The van der Waals surface area contributed by atoms with E-state index < -0.39 is 0 Å². The molecular formula is C9H12NO2. The number of pyridine rings is 1. The van der Waals surface area contributed by atoms with Gasteiger partial charge in [-0.25, -0.2) is 0 Å². The SMILES string of the molecule is CCOc1c[c]cnc1COC. The maximum Gasteiger partial charge on any atom is 0.143 e. The molecule has 0 aliphatic rings. The van der Waals surface area contributed by atoms with E-state index in [1.165, 1.54) is 0 Å². The van der Waals surface area contributed by atoms with Crippen LogP contribution in [0.3, 0.4) is 0 Å². The highest BCUT2D eigenvalue weighted by atomic mass is 16.5. The van der Waals surface area contributed by atoms with Gasteiger partial charge in [0.1, 0.15) is 11.4 Å². The summed E-state index contributed by atoms with van der Waals surface area (Å²) in [4.78, 5) is 4.08. The summed E-state index contributed by atoms with van der Waals surface area (Å²) >= 11 is 0. The minimum absolute atomic E-state index is 0.476.